The molecule has 28 heavy (non-hydrogen) atoms. The molecule has 6 nitrogen and oxygen atoms in total. The molecule has 0 saturated carbocycles. The Morgan fingerprint density at radius 1 is 1.07 bits per heavy atom. The molecule has 2 amide bonds. The van der Waals surface area contributed by atoms with Crippen molar-refractivity contribution in [3.8, 4) is 6.07 Å². The number of fused-ring (bicyclic) bond motifs is 1. The number of rotatable bonds is 2. The molecule has 1 aromatic heterocycles. The van der Waals surface area contributed by atoms with E-state index in [-0.39, 0.29) is 6.03 Å². The maximum Gasteiger partial charge on any atom is 0.321 e. The normalized spacial score (nSPS) is 14.0. The van der Waals surface area contributed by atoms with Crippen LogP contribution in [0, 0.1) is 11.3 Å². The van der Waals surface area contributed by atoms with Crippen LogP contribution in [-0.2, 0) is 0 Å². The molecule has 0 unspecified atom stereocenters. The van der Waals surface area contributed by atoms with Crippen molar-refractivity contribution < 1.29 is 4.79 Å². The van der Waals surface area contributed by atoms with Crippen LogP contribution in [0.15, 0.2) is 54.6 Å². The highest BCUT2D eigenvalue weighted by molar-refractivity contribution is 6.30. The van der Waals surface area contributed by atoms with Crippen molar-refractivity contribution in [3.05, 3.63) is 65.2 Å². The maximum atomic E-state index is 12.5. The number of anilines is 2. The molecule has 1 N–H and O–H groups in total. The largest absolute Gasteiger partial charge is 0.352 e. The van der Waals surface area contributed by atoms with Crippen LogP contribution < -0.4 is 10.2 Å². The predicted octanol–water partition coefficient (Wildman–Crippen LogP) is 4.11. The molecular weight excluding hydrogens is 374 g/mol. The smallest absolute Gasteiger partial charge is 0.321 e. The summed E-state index contributed by atoms with van der Waals surface area (Å²) in [5, 5.41) is 13.9. The van der Waals surface area contributed by atoms with Gasteiger partial charge in [0, 0.05) is 42.3 Å². The van der Waals surface area contributed by atoms with Gasteiger partial charge in [0.2, 0.25) is 0 Å². The molecule has 0 radical (unpaired) electrons. The molecule has 1 saturated heterocycles. The number of amides is 2. The van der Waals surface area contributed by atoms with E-state index in [1.54, 1.807) is 29.2 Å². The van der Waals surface area contributed by atoms with Gasteiger partial charge in [-0.3, -0.25) is 0 Å². The maximum absolute atomic E-state index is 12.5. The molecule has 2 heterocycles. The van der Waals surface area contributed by atoms with Crippen molar-refractivity contribution in [2.45, 2.75) is 0 Å². The van der Waals surface area contributed by atoms with E-state index < -0.39 is 0 Å². The van der Waals surface area contributed by atoms with E-state index in [9.17, 15) is 10.1 Å². The lowest BCUT2D eigenvalue weighted by atomic mass is 10.1. The van der Waals surface area contributed by atoms with E-state index in [1.165, 1.54) is 0 Å². The lowest BCUT2D eigenvalue weighted by molar-refractivity contribution is 0.208. The molecule has 2 aromatic carbocycles. The van der Waals surface area contributed by atoms with Gasteiger partial charge in [-0.05, 0) is 30.3 Å². The van der Waals surface area contributed by atoms with Crippen LogP contribution in [0.1, 0.15) is 5.56 Å². The fraction of sp³-hybridized carbons (Fsp3) is 0.190. The zero-order valence-electron chi connectivity index (χ0n) is 15.1. The number of pyridine rings is 1. The molecule has 4 rings (SSSR count). The molecule has 0 atom stereocenters. The number of nitriles is 1. The number of carbonyl (C=O) groups excluding carboxylic acids is 1. The average molecular weight is 392 g/mol. The first-order valence-corrected chi connectivity index (χ1v) is 9.38. The third-order valence-electron chi connectivity index (χ3n) is 4.77. The van der Waals surface area contributed by atoms with Crippen LogP contribution in [0.4, 0.5) is 16.3 Å². The van der Waals surface area contributed by atoms with Gasteiger partial charge in [0.15, 0.2) is 0 Å². The third-order valence-corrected chi connectivity index (χ3v) is 5.00. The summed E-state index contributed by atoms with van der Waals surface area (Å²) < 4.78 is 0. The SMILES string of the molecule is N#Cc1cc2ccccc2nc1N1CCN(C(=O)Nc2cccc(Cl)c2)CC1. The standard InChI is InChI=1S/C21H18ClN5O/c22-17-5-3-6-18(13-17)24-21(28)27-10-8-26(9-11-27)20-16(14-23)12-15-4-1-2-7-19(15)25-20/h1-7,12-13H,8-11H2,(H,24,28). The Morgan fingerprint density at radius 3 is 2.61 bits per heavy atom. The fourth-order valence-electron chi connectivity index (χ4n) is 3.32. The fourth-order valence-corrected chi connectivity index (χ4v) is 3.51. The van der Waals surface area contributed by atoms with E-state index in [4.69, 9.17) is 11.6 Å². The lowest BCUT2D eigenvalue weighted by Crippen LogP contribution is -2.50. The second-order valence-electron chi connectivity index (χ2n) is 6.58. The predicted molar refractivity (Wildman–Crippen MR) is 111 cm³/mol. The molecular formula is C21H18ClN5O. The number of nitrogens with zero attached hydrogens (tertiary/aromatic N) is 4. The van der Waals surface area contributed by atoms with E-state index in [0.29, 0.717) is 48.3 Å². The minimum atomic E-state index is -0.158. The van der Waals surface area contributed by atoms with Gasteiger partial charge < -0.3 is 15.1 Å². The summed E-state index contributed by atoms with van der Waals surface area (Å²) in [5.74, 6) is 0.677. The van der Waals surface area contributed by atoms with Gasteiger partial charge >= 0.3 is 6.03 Å². The second kappa shape index (κ2) is 7.75. The summed E-state index contributed by atoms with van der Waals surface area (Å²) in [7, 11) is 0. The summed E-state index contributed by atoms with van der Waals surface area (Å²) in [6, 6.07) is 18.8. The first-order valence-electron chi connectivity index (χ1n) is 9.00. The number of hydrogen-bond acceptors (Lipinski definition) is 4. The van der Waals surface area contributed by atoms with Crippen molar-refractivity contribution in [1.29, 1.82) is 5.26 Å². The molecule has 0 bridgehead atoms. The zero-order valence-corrected chi connectivity index (χ0v) is 15.9. The first-order chi connectivity index (χ1) is 13.6. The van der Waals surface area contributed by atoms with Crippen molar-refractivity contribution in [2.24, 2.45) is 0 Å². The van der Waals surface area contributed by atoms with E-state index in [0.717, 1.165) is 10.9 Å². The lowest BCUT2D eigenvalue weighted by Gasteiger charge is -2.35. The van der Waals surface area contributed by atoms with E-state index in [1.807, 2.05) is 30.3 Å². The molecule has 1 fully saturated rings. The van der Waals surface area contributed by atoms with Gasteiger partial charge in [-0.15, -0.1) is 0 Å². The number of urea groups is 1. The highest BCUT2D eigenvalue weighted by Crippen LogP contribution is 2.24. The Kier molecular flexibility index (Phi) is 5.00. The highest BCUT2D eigenvalue weighted by atomic mass is 35.5. The van der Waals surface area contributed by atoms with E-state index >= 15 is 0 Å². The monoisotopic (exact) mass is 391 g/mol. The molecule has 3 aromatic rings. The number of para-hydroxylation sites is 1. The Morgan fingerprint density at radius 2 is 1.86 bits per heavy atom. The minimum absolute atomic E-state index is 0.158. The number of benzene rings is 2. The molecule has 1 aliphatic rings. The summed E-state index contributed by atoms with van der Waals surface area (Å²) in [6.45, 7) is 2.32. The van der Waals surface area contributed by atoms with Crippen LogP contribution in [0.3, 0.4) is 0 Å². The Hall–Kier alpha value is -3.30. The Labute approximate surface area is 168 Å². The highest BCUT2D eigenvalue weighted by Gasteiger charge is 2.24. The van der Waals surface area contributed by atoms with Gasteiger partial charge in [0.05, 0.1) is 11.1 Å². The van der Waals surface area contributed by atoms with Crippen molar-refractivity contribution >= 4 is 40.0 Å². The Balaban J connectivity index is 1.46. The number of carbonyl (C=O) groups is 1. The molecule has 140 valence electrons. The van der Waals surface area contributed by atoms with Crippen molar-refractivity contribution in [1.82, 2.24) is 9.88 Å². The number of aromatic nitrogens is 1. The molecule has 1 aliphatic heterocycles. The van der Waals surface area contributed by atoms with Crippen LogP contribution >= 0.6 is 11.6 Å². The zero-order chi connectivity index (χ0) is 19.5. The first kappa shape index (κ1) is 18.1. The van der Waals surface area contributed by atoms with Gasteiger partial charge in [0.25, 0.3) is 0 Å². The third kappa shape index (κ3) is 3.71. The average Bonchev–Trinajstić information content (AvgIpc) is 2.73. The Bertz CT molecular complexity index is 1070. The van der Waals surface area contributed by atoms with Crippen LogP contribution in [0.5, 0.6) is 0 Å². The number of halogens is 1. The second-order valence-corrected chi connectivity index (χ2v) is 7.02. The van der Waals surface area contributed by atoms with Crippen LogP contribution in [-0.4, -0.2) is 42.1 Å². The van der Waals surface area contributed by atoms with Gasteiger partial charge in [-0.2, -0.15) is 5.26 Å². The molecule has 0 spiro atoms. The summed E-state index contributed by atoms with van der Waals surface area (Å²) in [4.78, 5) is 21.0. The van der Waals surface area contributed by atoms with Gasteiger partial charge in [-0.25, -0.2) is 9.78 Å². The number of nitrogens with one attached hydrogen (secondary N) is 1. The molecule has 7 heteroatoms. The van der Waals surface area contributed by atoms with Gasteiger partial charge in [-0.1, -0.05) is 35.9 Å². The summed E-state index contributed by atoms with van der Waals surface area (Å²) >= 11 is 5.97. The molecule has 0 aliphatic carbocycles. The number of piperazine rings is 1. The number of hydrogen-bond donors (Lipinski definition) is 1. The summed E-state index contributed by atoms with van der Waals surface area (Å²) in [6.07, 6.45) is 0. The van der Waals surface area contributed by atoms with Crippen LogP contribution in [0.25, 0.3) is 10.9 Å². The van der Waals surface area contributed by atoms with E-state index in [2.05, 4.69) is 21.3 Å². The van der Waals surface area contributed by atoms with Crippen molar-refractivity contribution in [3.63, 3.8) is 0 Å². The topological polar surface area (TPSA) is 72.3 Å². The quantitative estimate of drug-likeness (QED) is 0.713. The van der Waals surface area contributed by atoms with Crippen molar-refractivity contribution in [2.75, 3.05) is 36.4 Å². The summed E-state index contributed by atoms with van der Waals surface area (Å²) in [5.41, 5.74) is 2.08. The van der Waals surface area contributed by atoms with Crippen LogP contribution in [0.2, 0.25) is 5.02 Å². The van der Waals surface area contributed by atoms with Gasteiger partial charge in [0.1, 0.15) is 11.9 Å². The minimum Gasteiger partial charge on any atom is -0.352 e.